The average molecular weight is 449 g/mol. The maximum Gasteiger partial charge on any atom is 0.209 e. The van der Waals surface area contributed by atoms with Crippen molar-refractivity contribution in [3.63, 3.8) is 0 Å². The molecule has 2 aromatic heterocycles. The number of rotatable bonds is 2. The van der Waals surface area contributed by atoms with Crippen LogP contribution in [0.15, 0.2) is 90.3 Å². The predicted octanol–water partition coefficient (Wildman–Crippen LogP) is 6.07. The maximum atomic E-state index is 13.8. The number of carbonyl (C=O) groups is 1. The Labute approximate surface area is 194 Å². The summed E-state index contributed by atoms with van der Waals surface area (Å²) in [4.78, 5) is 22.0. The minimum atomic E-state index is -0.281. The number of carbonyl (C=O) groups excluding carboxylic acids is 1. The molecule has 0 spiro atoms. The van der Waals surface area contributed by atoms with Crippen LogP contribution in [-0.2, 0) is 4.79 Å². The summed E-state index contributed by atoms with van der Waals surface area (Å²) in [6.45, 7) is 0. The molecule has 6 heteroatoms. The second-order valence-electron chi connectivity index (χ2n) is 9.08. The van der Waals surface area contributed by atoms with Gasteiger partial charge in [-0.2, -0.15) is 0 Å². The molecular formula is C28H21FN4O. The Bertz CT molecular complexity index is 1630. The second kappa shape index (κ2) is 7.15. The Hall–Kier alpha value is -4.19. The molecule has 0 bridgehead atoms. The van der Waals surface area contributed by atoms with Gasteiger partial charge in [0.2, 0.25) is 5.95 Å². The van der Waals surface area contributed by atoms with Crippen LogP contribution in [0.4, 0.5) is 10.3 Å². The molecule has 3 heterocycles. The van der Waals surface area contributed by atoms with Gasteiger partial charge >= 0.3 is 0 Å². The number of allylic oxidation sites excluding steroid dienone is 2. The Morgan fingerprint density at radius 3 is 2.62 bits per heavy atom. The van der Waals surface area contributed by atoms with Crippen molar-refractivity contribution in [2.45, 2.75) is 24.8 Å². The van der Waals surface area contributed by atoms with Crippen molar-refractivity contribution in [3.05, 3.63) is 107 Å². The number of imidazole rings is 1. The van der Waals surface area contributed by atoms with Crippen molar-refractivity contribution < 1.29 is 9.18 Å². The van der Waals surface area contributed by atoms with E-state index in [0.717, 1.165) is 50.3 Å². The summed E-state index contributed by atoms with van der Waals surface area (Å²) >= 11 is 0. The van der Waals surface area contributed by atoms with Gasteiger partial charge in [0.05, 0.1) is 17.1 Å². The van der Waals surface area contributed by atoms with Crippen LogP contribution in [0.25, 0.3) is 21.9 Å². The van der Waals surface area contributed by atoms with Crippen LogP contribution in [0.3, 0.4) is 0 Å². The fraction of sp³-hybridized carbons (Fsp3) is 0.143. The molecule has 2 N–H and O–H groups in total. The summed E-state index contributed by atoms with van der Waals surface area (Å²) in [5, 5.41) is 4.59. The van der Waals surface area contributed by atoms with E-state index in [4.69, 9.17) is 4.98 Å². The molecule has 0 unspecified atom stereocenters. The van der Waals surface area contributed by atoms with E-state index in [1.807, 2.05) is 36.5 Å². The highest BCUT2D eigenvalue weighted by Gasteiger charge is 2.40. The second-order valence-corrected chi connectivity index (χ2v) is 9.08. The summed E-state index contributed by atoms with van der Waals surface area (Å²) in [7, 11) is 0. The first-order valence-electron chi connectivity index (χ1n) is 11.5. The standard InChI is InChI=1S/C28H21FN4O/c29-18-11-9-16(10-12-18)17-13-23-26(25(34)14-17)27(20-15-30-21-6-2-1-5-19(20)21)33-24-8-4-3-7-22(24)31-28(33)32-23/h1-12,15,17,27,30H,13-14H2,(H,31,32)/t17-,27+/m1/s1. The first-order valence-corrected chi connectivity index (χ1v) is 11.5. The highest BCUT2D eigenvalue weighted by molar-refractivity contribution is 6.02. The average Bonchev–Trinajstić information content (AvgIpc) is 3.44. The predicted molar refractivity (Wildman–Crippen MR) is 130 cm³/mol. The topological polar surface area (TPSA) is 62.7 Å². The zero-order valence-electron chi connectivity index (χ0n) is 18.3. The Morgan fingerprint density at radius 1 is 0.941 bits per heavy atom. The number of para-hydroxylation sites is 3. The molecule has 7 rings (SSSR count). The highest BCUT2D eigenvalue weighted by Crippen LogP contribution is 2.47. The molecule has 5 nitrogen and oxygen atoms in total. The third-order valence-electron chi connectivity index (χ3n) is 7.16. The van der Waals surface area contributed by atoms with Gasteiger partial charge in [-0.15, -0.1) is 0 Å². The fourth-order valence-corrected chi connectivity index (χ4v) is 5.61. The quantitative estimate of drug-likeness (QED) is 0.344. The van der Waals surface area contributed by atoms with Crippen LogP contribution < -0.4 is 5.32 Å². The molecule has 0 saturated carbocycles. The van der Waals surface area contributed by atoms with E-state index >= 15 is 0 Å². The normalized spacial score (nSPS) is 19.9. The van der Waals surface area contributed by atoms with Crippen LogP contribution >= 0.6 is 0 Å². The van der Waals surface area contributed by atoms with Gasteiger partial charge in [-0.3, -0.25) is 9.36 Å². The summed E-state index contributed by atoms with van der Waals surface area (Å²) in [6.07, 6.45) is 3.09. The smallest absolute Gasteiger partial charge is 0.209 e. The van der Waals surface area contributed by atoms with Crippen LogP contribution in [0, 0.1) is 5.82 Å². The fourth-order valence-electron chi connectivity index (χ4n) is 5.61. The third kappa shape index (κ3) is 2.78. The Balaban J connectivity index is 1.44. The van der Waals surface area contributed by atoms with Crippen LogP contribution in [-0.4, -0.2) is 20.3 Å². The number of nitrogens with one attached hydrogen (secondary N) is 2. The van der Waals surface area contributed by atoms with Gasteiger partial charge in [-0.05, 0) is 48.2 Å². The van der Waals surface area contributed by atoms with E-state index in [-0.39, 0.29) is 23.6 Å². The van der Waals surface area contributed by atoms with E-state index in [0.29, 0.717) is 12.8 Å². The maximum absolute atomic E-state index is 13.8. The lowest BCUT2D eigenvalue weighted by molar-refractivity contribution is -0.116. The summed E-state index contributed by atoms with van der Waals surface area (Å²) in [5.74, 6) is 0.582. The lowest BCUT2D eigenvalue weighted by Gasteiger charge is -2.36. The lowest BCUT2D eigenvalue weighted by Crippen LogP contribution is -2.33. The van der Waals surface area contributed by atoms with Gasteiger partial charge in [-0.1, -0.05) is 42.5 Å². The van der Waals surface area contributed by atoms with E-state index in [1.165, 1.54) is 12.1 Å². The molecule has 2 aliphatic rings. The molecule has 0 amide bonds. The van der Waals surface area contributed by atoms with Crippen molar-refractivity contribution in [3.8, 4) is 0 Å². The molecular weight excluding hydrogens is 427 g/mol. The Morgan fingerprint density at radius 2 is 1.74 bits per heavy atom. The number of H-pyrrole nitrogens is 1. The van der Waals surface area contributed by atoms with Crippen LogP contribution in [0.2, 0.25) is 0 Å². The van der Waals surface area contributed by atoms with Gasteiger partial charge in [0.15, 0.2) is 5.78 Å². The SMILES string of the molecule is O=C1C[C@H](c2ccc(F)cc2)CC2=C1[C@H](c1c[nH]c3ccccc13)n1c(nc3ccccc31)N2. The minimum absolute atomic E-state index is 0.00102. The van der Waals surface area contributed by atoms with Gasteiger partial charge in [-0.25, -0.2) is 9.37 Å². The summed E-state index contributed by atoms with van der Waals surface area (Å²) in [6, 6.07) is 22.4. The number of aromatic nitrogens is 3. The van der Waals surface area contributed by atoms with Crippen molar-refractivity contribution >= 4 is 33.7 Å². The molecule has 0 radical (unpaired) electrons. The molecule has 3 aromatic carbocycles. The number of hydrogen-bond donors (Lipinski definition) is 2. The molecule has 1 aliphatic carbocycles. The molecule has 166 valence electrons. The Kier molecular flexibility index (Phi) is 4.06. The largest absolute Gasteiger partial charge is 0.361 e. The number of aromatic amines is 1. The molecule has 2 atom stereocenters. The number of fused-ring (bicyclic) bond motifs is 4. The lowest BCUT2D eigenvalue weighted by atomic mass is 9.77. The zero-order valence-corrected chi connectivity index (χ0v) is 18.3. The monoisotopic (exact) mass is 448 g/mol. The first kappa shape index (κ1) is 19.3. The molecule has 34 heavy (non-hydrogen) atoms. The van der Waals surface area contributed by atoms with E-state index < -0.39 is 0 Å². The number of anilines is 1. The van der Waals surface area contributed by atoms with Gasteiger partial charge in [0.25, 0.3) is 0 Å². The minimum Gasteiger partial charge on any atom is -0.361 e. The van der Waals surface area contributed by atoms with Gasteiger partial charge in [0.1, 0.15) is 5.82 Å². The number of nitrogens with zero attached hydrogens (tertiary/aromatic N) is 2. The van der Waals surface area contributed by atoms with Crippen LogP contribution in [0.1, 0.15) is 35.9 Å². The molecule has 5 aromatic rings. The van der Waals surface area contributed by atoms with Crippen molar-refractivity contribution in [2.24, 2.45) is 0 Å². The van der Waals surface area contributed by atoms with E-state index in [9.17, 15) is 9.18 Å². The molecule has 0 saturated heterocycles. The highest BCUT2D eigenvalue weighted by atomic mass is 19.1. The number of benzene rings is 3. The number of Topliss-reactive ketones (excluding diaryl/α,β-unsaturated/α-hetero) is 1. The van der Waals surface area contributed by atoms with E-state index in [2.05, 4.69) is 33.1 Å². The van der Waals surface area contributed by atoms with Gasteiger partial charge in [0, 0.05) is 40.4 Å². The zero-order chi connectivity index (χ0) is 22.8. The van der Waals surface area contributed by atoms with Crippen molar-refractivity contribution in [1.82, 2.24) is 14.5 Å². The third-order valence-corrected chi connectivity index (χ3v) is 7.16. The molecule has 0 fully saturated rings. The van der Waals surface area contributed by atoms with Gasteiger partial charge < -0.3 is 10.3 Å². The first-order chi connectivity index (χ1) is 16.7. The molecule has 1 aliphatic heterocycles. The van der Waals surface area contributed by atoms with E-state index in [1.54, 1.807) is 12.1 Å². The van der Waals surface area contributed by atoms with Crippen LogP contribution in [0.5, 0.6) is 0 Å². The summed E-state index contributed by atoms with van der Waals surface area (Å²) < 4.78 is 15.7. The number of halogens is 1. The van der Waals surface area contributed by atoms with Crippen molar-refractivity contribution in [2.75, 3.05) is 5.32 Å². The van der Waals surface area contributed by atoms with Crippen molar-refractivity contribution in [1.29, 1.82) is 0 Å². The number of ketones is 1. The number of hydrogen-bond acceptors (Lipinski definition) is 3. The summed E-state index contributed by atoms with van der Waals surface area (Å²) in [5.41, 5.74) is 6.64.